The van der Waals surface area contributed by atoms with Gasteiger partial charge < -0.3 is 25.0 Å². The Morgan fingerprint density at radius 3 is 2.30 bits per heavy atom. The number of nitrogens with one attached hydrogen (secondary N) is 2. The van der Waals surface area contributed by atoms with Crippen LogP contribution in [0.3, 0.4) is 0 Å². The standard InChI is InChI=1S/C25H29N5O3/c1-3-32-22-12-10-20(17-23(22)33-4-2)27-25(31)26-19-9-7-8-18(16-19)21-11-13-24(29-28-21)30-14-5-6-15-30/h7-13,16-17H,3-6,14-15H2,1-2H3,(H2,26,27,31). The minimum absolute atomic E-state index is 0.353. The summed E-state index contributed by atoms with van der Waals surface area (Å²) in [6.07, 6.45) is 2.39. The van der Waals surface area contributed by atoms with E-state index in [1.807, 2.05) is 50.2 Å². The molecule has 172 valence electrons. The Hall–Kier alpha value is -3.81. The van der Waals surface area contributed by atoms with Crippen molar-refractivity contribution in [3.8, 4) is 22.8 Å². The van der Waals surface area contributed by atoms with Crippen LogP contribution in [0.1, 0.15) is 26.7 Å². The van der Waals surface area contributed by atoms with Crippen LogP contribution in [0.25, 0.3) is 11.3 Å². The first-order valence-corrected chi connectivity index (χ1v) is 11.3. The van der Waals surface area contributed by atoms with E-state index < -0.39 is 0 Å². The van der Waals surface area contributed by atoms with Crippen molar-refractivity contribution in [3.05, 3.63) is 54.6 Å². The molecule has 0 atom stereocenters. The monoisotopic (exact) mass is 447 g/mol. The number of anilines is 3. The van der Waals surface area contributed by atoms with E-state index in [2.05, 4.69) is 25.7 Å². The van der Waals surface area contributed by atoms with E-state index in [0.717, 1.165) is 30.2 Å². The average Bonchev–Trinajstić information content (AvgIpc) is 3.36. The molecule has 2 amide bonds. The minimum atomic E-state index is -0.353. The predicted molar refractivity (Wildman–Crippen MR) is 130 cm³/mol. The minimum Gasteiger partial charge on any atom is -0.490 e. The molecule has 0 unspecified atom stereocenters. The van der Waals surface area contributed by atoms with Crippen molar-refractivity contribution in [3.63, 3.8) is 0 Å². The molecule has 2 heterocycles. The van der Waals surface area contributed by atoms with Gasteiger partial charge in [0, 0.05) is 36.1 Å². The lowest BCUT2D eigenvalue weighted by molar-refractivity contribution is 0.262. The van der Waals surface area contributed by atoms with E-state index >= 15 is 0 Å². The lowest BCUT2D eigenvalue weighted by Crippen LogP contribution is -2.19. The molecule has 2 N–H and O–H groups in total. The lowest BCUT2D eigenvalue weighted by Gasteiger charge is -2.15. The van der Waals surface area contributed by atoms with Crippen molar-refractivity contribution < 1.29 is 14.3 Å². The maximum atomic E-state index is 12.6. The normalized spacial score (nSPS) is 13.0. The number of carbonyl (C=O) groups is 1. The van der Waals surface area contributed by atoms with Gasteiger partial charge in [0.05, 0.1) is 18.9 Å². The summed E-state index contributed by atoms with van der Waals surface area (Å²) in [5.41, 5.74) is 2.91. The number of rotatable bonds is 8. The highest BCUT2D eigenvalue weighted by atomic mass is 16.5. The van der Waals surface area contributed by atoms with E-state index in [4.69, 9.17) is 9.47 Å². The van der Waals surface area contributed by atoms with E-state index in [9.17, 15) is 4.79 Å². The number of nitrogens with zero attached hydrogens (tertiary/aromatic N) is 3. The van der Waals surface area contributed by atoms with Crippen LogP contribution in [-0.2, 0) is 0 Å². The summed E-state index contributed by atoms with van der Waals surface area (Å²) in [4.78, 5) is 14.8. The fraction of sp³-hybridized carbons (Fsp3) is 0.320. The molecule has 0 radical (unpaired) electrons. The first-order valence-electron chi connectivity index (χ1n) is 11.3. The van der Waals surface area contributed by atoms with Crippen molar-refractivity contribution in [2.45, 2.75) is 26.7 Å². The quantitative estimate of drug-likeness (QED) is 0.494. The summed E-state index contributed by atoms with van der Waals surface area (Å²) in [7, 11) is 0. The molecule has 1 aromatic heterocycles. The molecule has 1 fully saturated rings. The van der Waals surface area contributed by atoms with Crippen molar-refractivity contribution in [1.82, 2.24) is 10.2 Å². The predicted octanol–water partition coefficient (Wildman–Crippen LogP) is 5.19. The Kier molecular flexibility index (Phi) is 7.24. The largest absolute Gasteiger partial charge is 0.490 e. The van der Waals surface area contributed by atoms with Crippen LogP contribution < -0.4 is 25.0 Å². The van der Waals surface area contributed by atoms with Crippen molar-refractivity contribution in [1.29, 1.82) is 0 Å². The van der Waals surface area contributed by atoms with Gasteiger partial charge in [0.15, 0.2) is 17.3 Å². The highest BCUT2D eigenvalue weighted by molar-refractivity contribution is 6.00. The molecule has 0 aliphatic carbocycles. The molecule has 8 heteroatoms. The molecular formula is C25H29N5O3. The second-order valence-corrected chi connectivity index (χ2v) is 7.66. The smallest absolute Gasteiger partial charge is 0.323 e. The number of carbonyl (C=O) groups excluding carboxylic acids is 1. The van der Waals surface area contributed by atoms with Crippen molar-refractivity contribution in [2.75, 3.05) is 41.8 Å². The van der Waals surface area contributed by atoms with Crippen LogP contribution in [0.2, 0.25) is 0 Å². The molecule has 2 aromatic carbocycles. The van der Waals surface area contributed by atoms with Gasteiger partial charge in [-0.1, -0.05) is 12.1 Å². The summed E-state index contributed by atoms with van der Waals surface area (Å²) in [5, 5.41) is 14.5. The average molecular weight is 448 g/mol. The van der Waals surface area contributed by atoms with E-state index in [1.54, 1.807) is 18.2 Å². The molecule has 8 nitrogen and oxygen atoms in total. The highest BCUT2D eigenvalue weighted by Gasteiger charge is 2.14. The molecule has 0 spiro atoms. The summed E-state index contributed by atoms with van der Waals surface area (Å²) in [5.74, 6) is 2.15. The molecular weight excluding hydrogens is 418 g/mol. The number of amides is 2. The first kappa shape index (κ1) is 22.4. The Labute approximate surface area is 193 Å². The maximum Gasteiger partial charge on any atom is 0.323 e. The summed E-state index contributed by atoms with van der Waals surface area (Å²) < 4.78 is 11.2. The molecule has 3 aromatic rings. The zero-order valence-electron chi connectivity index (χ0n) is 19.0. The van der Waals surface area contributed by atoms with Gasteiger partial charge in [0.25, 0.3) is 0 Å². The highest BCUT2D eigenvalue weighted by Crippen LogP contribution is 2.31. The fourth-order valence-corrected chi connectivity index (χ4v) is 3.77. The van der Waals surface area contributed by atoms with Gasteiger partial charge in [0.1, 0.15) is 0 Å². The van der Waals surface area contributed by atoms with Crippen LogP contribution in [0.15, 0.2) is 54.6 Å². The second kappa shape index (κ2) is 10.7. The Balaban J connectivity index is 1.42. The maximum absolute atomic E-state index is 12.6. The van der Waals surface area contributed by atoms with Gasteiger partial charge in [-0.25, -0.2) is 4.79 Å². The fourth-order valence-electron chi connectivity index (χ4n) is 3.77. The number of aromatic nitrogens is 2. The zero-order valence-corrected chi connectivity index (χ0v) is 19.0. The number of ether oxygens (including phenoxy) is 2. The molecule has 33 heavy (non-hydrogen) atoms. The Morgan fingerprint density at radius 2 is 1.61 bits per heavy atom. The van der Waals surface area contributed by atoms with Crippen LogP contribution >= 0.6 is 0 Å². The lowest BCUT2D eigenvalue weighted by atomic mass is 10.1. The van der Waals surface area contributed by atoms with Crippen LogP contribution in [0.5, 0.6) is 11.5 Å². The summed E-state index contributed by atoms with van der Waals surface area (Å²) in [6.45, 7) is 6.92. The summed E-state index contributed by atoms with van der Waals surface area (Å²) >= 11 is 0. The summed E-state index contributed by atoms with van der Waals surface area (Å²) in [6, 6.07) is 16.5. The van der Waals surface area contributed by atoms with Gasteiger partial charge in [0.2, 0.25) is 0 Å². The van der Waals surface area contributed by atoms with Gasteiger partial charge in [-0.3, -0.25) is 0 Å². The van der Waals surface area contributed by atoms with Crippen LogP contribution in [-0.4, -0.2) is 42.5 Å². The van der Waals surface area contributed by atoms with Crippen molar-refractivity contribution in [2.24, 2.45) is 0 Å². The van der Waals surface area contributed by atoms with Gasteiger partial charge in [-0.2, -0.15) is 0 Å². The third kappa shape index (κ3) is 5.71. The topological polar surface area (TPSA) is 88.6 Å². The third-order valence-electron chi connectivity index (χ3n) is 5.30. The Bertz CT molecular complexity index is 1080. The van der Waals surface area contributed by atoms with Crippen LogP contribution in [0.4, 0.5) is 22.0 Å². The van der Waals surface area contributed by atoms with E-state index in [-0.39, 0.29) is 6.03 Å². The van der Waals surface area contributed by atoms with E-state index in [0.29, 0.717) is 36.1 Å². The Morgan fingerprint density at radius 1 is 0.879 bits per heavy atom. The zero-order chi connectivity index (χ0) is 23.0. The van der Waals surface area contributed by atoms with Gasteiger partial charge in [-0.05, 0) is 63.1 Å². The number of benzene rings is 2. The number of urea groups is 1. The second-order valence-electron chi connectivity index (χ2n) is 7.66. The van der Waals surface area contributed by atoms with Gasteiger partial charge >= 0.3 is 6.03 Å². The number of hydrogen-bond acceptors (Lipinski definition) is 6. The molecule has 0 bridgehead atoms. The van der Waals surface area contributed by atoms with E-state index in [1.165, 1.54) is 12.8 Å². The molecule has 0 saturated carbocycles. The first-order chi connectivity index (χ1) is 16.2. The molecule has 1 aliphatic heterocycles. The third-order valence-corrected chi connectivity index (χ3v) is 5.30. The van der Waals surface area contributed by atoms with Gasteiger partial charge in [-0.15, -0.1) is 10.2 Å². The number of hydrogen-bond donors (Lipinski definition) is 2. The molecule has 1 saturated heterocycles. The van der Waals surface area contributed by atoms with Crippen LogP contribution in [0, 0.1) is 0 Å². The molecule has 1 aliphatic rings. The SMILES string of the molecule is CCOc1ccc(NC(=O)Nc2cccc(-c3ccc(N4CCCC4)nn3)c2)cc1OCC. The van der Waals surface area contributed by atoms with Crippen molar-refractivity contribution >= 4 is 23.2 Å². The molecule has 4 rings (SSSR count).